The van der Waals surface area contributed by atoms with Gasteiger partial charge in [-0.2, -0.15) is 0 Å². The molecule has 0 saturated carbocycles. The number of methoxy groups -OCH3 is 5. The van der Waals surface area contributed by atoms with E-state index in [0.29, 0.717) is 12.6 Å². The van der Waals surface area contributed by atoms with E-state index in [9.17, 15) is 0 Å². The Balaban J connectivity index is 1.79. The molecule has 29 heavy (non-hydrogen) atoms. The van der Waals surface area contributed by atoms with Crippen LogP contribution in [0.15, 0.2) is 18.2 Å². The highest BCUT2D eigenvalue weighted by atomic mass is 16.5. The molecule has 2 aromatic rings. The first-order chi connectivity index (χ1) is 14.1. The zero-order chi connectivity index (χ0) is 20.5. The number of ether oxygens (including phenoxy) is 5. The van der Waals surface area contributed by atoms with E-state index in [4.69, 9.17) is 23.7 Å². The predicted molar refractivity (Wildman–Crippen MR) is 110 cm³/mol. The smallest absolute Gasteiger partial charge is 0.166 e. The summed E-state index contributed by atoms with van der Waals surface area (Å²) in [7, 11) is 8.47. The van der Waals surface area contributed by atoms with Crippen LogP contribution in [-0.2, 0) is 30.7 Å². The maximum absolute atomic E-state index is 5.79. The van der Waals surface area contributed by atoms with Crippen molar-refractivity contribution in [2.45, 2.75) is 32.0 Å². The lowest BCUT2D eigenvalue weighted by Gasteiger charge is -2.42. The number of nitrogens with zero attached hydrogens (tertiary/aromatic N) is 1. The zero-order valence-electron chi connectivity index (χ0n) is 17.8. The summed E-state index contributed by atoms with van der Waals surface area (Å²) < 4.78 is 28.0. The van der Waals surface area contributed by atoms with Crippen LogP contribution in [0.5, 0.6) is 23.0 Å². The highest BCUT2D eigenvalue weighted by molar-refractivity contribution is 5.58. The fraction of sp³-hybridized carbons (Fsp3) is 0.478. The van der Waals surface area contributed by atoms with Crippen LogP contribution in [0.1, 0.15) is 33.9 Å². The molecular weight excluding hydrogens is 370 g/mol. The number of benzene rings is 2. The summed E-state index contributed by atoms with van der Waals surface area (Å²) in [5, 5.41) is 0. The molecule has 0 amide bonds. The van der Waals surface area contributed by atoms with Gasteiger partial charge in [-0.25, -0.2) is 0 Å². The summed E-state index contributed by atoms with van der Waals surface area (Å²) in [6.45, 7) is 2.32. The zero-order valence-corrected chi connectivity index (χ0v) is 17.8. The van der Waals surface area contributed by atoms with E-state index in [0.717, 1.165) is 54.5 Å². The minimum absolute atomic E-state index is 0.305. The second-order valence-corrected chi connectivity index (χ2v) is 7.52. The molecule has 2 aliphatic rings. The van der Waals surface area contributed by atoms with Gasteiger partial charge in [0.15, 0.2) is 23.0 Å². The average molecular weight is 399 g/mol. The molecule has 1 atom stereocenters. The van der Waals surface area contributed by atoms with E-state index in [1.54, 1.807) is 35.5 Å². The number of hydrogen-bond donors (Lipinski definition) is 0. The van der Waals surface area contributed by atoms with Crippen molar-refractivity contribution in [2.75, 3.05) is 42.1 Å². The fourth-order valence-electron chi connectivity index (χ4n) is 4.77. The first kappa shape index (κ1) is 19.9. The lowest BCUT2D eigenvalue weighted by molar-refractivity contribution is 0.155. The standard InChI is InChI=1S/C23H29NO5/c1-25-13-16-8-15-9-19-17-11-21(27-3)20(26-2)10-14(17)6-7-24(19)12-18(15)23(29-5)22(16)28-4/h8,10-11,19H,6-7,9,12-13H2,1-5H3. The third-order valence-corrected chi connectivity index (χ3v) is 6.10. The van der Waals surface area contributed by atoms with Gasteiger partial charge in [-0.05, 0) is 47.7 Å². The van der Waals surface area contributed by atoms with Crippen LogP contribution in [0.25, 0.3) is 0 Å². The van der Waals surface area contributed by atoms with Crippen LogP contribution < -0.4 is 18.9 Å². The normalized spacial score (nSPS) is 17.8. The largest absolute Gasteiger partial charge is 0.493 e. The third kappa shape index (κ3) is 3.30. The van der Waals surface area contributed by atoms with E-state index in [1.165, 1.54) is 22.3 Å². The topological polar surface area (TPSA) is 49.4 Å². The first-order valence-corrected chi connectivity index (χ1v) is 9.88. The molecule has 0 saturated heterocycles. The average Bonchev–Trinajstić information content (AvgIpc) is 2.75. The summed E-state index contributed by atoms with van der Waals surface area (Å²) in [4.78, 5) is 2.52. The van der Waals surface area contributed by atoms with Crippen molar-refractivity contribution in [3.63, 3.8) is 0 Å². The molecule has 2 aliphatic heterocycles. The minimum atomic E-state index is 0.305. The number of rotatable bonds is 6. The highest BCUT2D eigenvalue weighted by Crippen LogP contribution is 2.47. The lowest BCUT2D eigenvalue weighted by atomic mass is 9.83. The van der Waals surface area contributed by atoms with Crippen LogP contribution in [0.2, 0.25) is 0 Å². The molecule has 2 aromatic carbocycles. The molecule has 2 heterocycles. The molecule has 6 nitrogen and oxygen atoms in total. The van der Waals surface area contributed by atoms with Gasteiger partial charge in [0, 0.05) is 37.4 Å². The molecule has 0 aromatic heterocycles. The quantitative estimate of drug-likeness (QED) is 0.741. The van der Waals surface area contributed by atoms with Gasteiger partial charge < -0.3 is 23.7 Å². The van der Waals surface area contributed by atoms with E-state index in [2.05, 4.69) is 23.1 Å². The molecule has 156 valence electrons. The van der Waals surface area contributed by atoms with Gasteiger partial charge in [-0.15, -0.1) is 0 Å². The number of fused-ring (bicyclic) bond motifs is 4. The van der Waals surface area contributed by atoms with Crippen LogP contribution in [-0.4, -0.2) is 47.0 Å². The minimum Gasteiger partial charge on any atom is -0.493 e. The molecule has 0 spiro atoms. The van der Waals surface area contributed by atoms with E-state index >= 15 is 0 Å². The van der Waals surface area contributed by atoms with Crippen molar-refractivity contribution in [1.82, 2.24) is 4.90 Å². The monoisotopic (exact) mass is 399 g/mol. The molecule has 0 radical (unpaired) electrons. The lowest BCUT2D eigenvalue weighted by Crippen LogP contribution is -2.39. The Labute approximate surface area is 172 Å². The van der Waals surface area contributed by atoms with Gasteiger partial charge in [-0.3, -0.25) is 4.90 Å². The van der Waals surface area contributed by atoms with E-state index < -0.39 is 0 Å². The second kappa shape index (κ2) is 8.13. The van der Waals surface area contributed by atoms with Crippen LogP contribution in [0, 0.1) is 0 Å². The Kier molecular flexibility index (Phi) is 5.56. The first-order valence-electron chi connectivity index (χ1n) is 9.88. The summed E-state index contributed by atoms with van der Waals surface area (Å²) in [5.41, 5.74) is 6.18. The maximum Gasteiger partial charge on any atom is 0.166 e. The summed E-state index contributed by atoms with van der Waals surface area (Å²) in [6, 6.07) is 6.80. The van der Waals surface area contributed by atoms with Crippen LogP contribution in [0.3, 0.4) is 0 Å². The van der Waals surface area contributed by atoms with Gasteiger partial charge in [0.2, 0.25) is 0 Å². The van der Waals surface area contributed by atoms with Gasteiger partial charge in [0.25, 0.3) is 0 Å². The van der Waals surface area contributed by atoms with Crippen molar-refractivity contribution in [2.24, 2.45) is 0 Å². The summed E-state index contributed by atoms with van der Waals surface area (Å²) in [6.07, 6.45) is 1.90. The van der Waals surface area contributed by atoms with Crippen molar-refractivity contribution in [1.29, 1.82) is 0 Å². The highest BCUT2D eigenvalue weighted by Gasteiger charge is 2.35. The molecule has 4 rings (SSSR count). The molecule has 0 N–H and O–H groups in total. The van der Waals surface area contributed by atoms with Crippen molar-refractivity contribution < 1.29 is 23.7 Å². The van der Waals surface area contributed by atoms with Gasteiger partial charge in [0.05, 0.1) is 35.0 Å². The third-order valence-electron chi connectivity index (χ3n) is 6.10. The van der Waals surface area contributed by atoms with Crippen molar-refractivity contribution >= 4 is 0 Å². The Morgan fingerprint density at radius 3 is 2.24 bits per heavy atom. The van der Waals surface area contributed by atoms with Gasteiger partial charge >= 0.3 is 0 Å². The van der Waals surface area contributed by atoms with Crippen LogP contribution >= 0.6 is 0 Å². The molecule has 6 heteroatoms. The van der Waals surface area contributed by atoms with Gasteiger partial charge in [-0.1, -0.05) is 0 Å². The van der Waals surface area contributed by atoms with Crippen molar-refractivity contribution in [3.05, 3.63) is 46.0 Å². The SMILES string of the molecule is COCc1cc2c(c(OC)c1OC)CN1CCc3cc(OC)c(OC)cc3C1C2. The Morgan fingerprint density at radius 2 is 1.59 bits per heavy atom. The van der Waals surface area contributed by atoms with E-state index in [1.807, 2.05) is 0 Å². The predicted octanol–water partition coefficient (Wildman–Crippen LogP) is 3.52. The Bertz CT molecular complexity index is 911. The number of hydrogen-bond acceptors (Lipinski definition) is 6. The Hall–Kier alpha value is -2.44. The van der Waals surface area contributed by atoms with E-state index in [-0.39, 0.29) is 0 Å². The van der Waals surface area contributed by atoms with Crippen molar-refractivity contribution in [3.8, 4) is 23.0 Å². The Morgan fingerprint density at radius 1 is 0.862 bits per heavy atom. The second-order valence-electron chi connectivity index (χ2n) is 7.52. The molecule has 0 bridgehead atoms. The van der Waals surface area contributed by atoms with Crippen LogP contribution in [0.4, 0.5) is 0 Å². The molecular formula is C23H29NO5. The molecule has 0 fully saturated rings. The molecule has 1 unspecified atom stereocenters. The van der Waals surface area contributed by atoms with Gasteiger partial charge in [0.1, 0.15) is 0 Å². The maximum atomic E-state index is 5.79. The summed E-state index contributed by atoms with van der Waals surface area (Å²) >= 11 is 0. The summed E-state index contributed by atoms with van der Waals surface area (Å²) in [5.74, 6) is 3.18. The molecule has 0 aliphatic carbocycles. The fourth-order valence-corrected chi connectivity index (χ4v) is 4.77.